The standard InChI is InChI=1S/C14H16FN3S/c1-9(16)11-7-17-14(18-10(11)2)8-19-13-6-4-3-5-12(13)15/h3-7,9H,8,16H2,1-2H3/t9-/m1/s1. The molecule has 0 spiro atoms. The maximum atomic E-state index is 13.5. The lowest BCUT2D eigenvalue weighted by atomic mass is 10.1. The number of rotatable bonds is 4. The molecule has 0 saturated heterocycles. The normalized spacial score (nSPS) is 12.4. The van der Waals surface area contributed by atoms with Crippen molar-refractivity contribution in [2.45, 2.75) is 30.5 Å². The average molecular weight is 277 g/mol. The Labute approximate surface area is 116 Å². The molecule has 2 rings (SSSR count). The number of hydrogen-bond acceptors (Lipinski definition) is 4. The highest BCUT2D eigenvalue weighted by Gasteiger charge is 2.08. The predicted molar refractivity (Wildman–Crippen MR) is 75.3 cm³/mol. The van der Waals surface area contributed by atoms with Crippen LogP contribution in [0.4, 0.5) is 4.39 Å². The van der Waals surface area contributed by atoms with Crippen LogP contribution in [0.2, 0.25) is 0 Å². The van der Waals surface area contributed by atoms with Crippen molar-refractivity contribution < 1.29 is 4.39 Å². The van der Waals surface area contributed by atoms with E-state index >= 15 is 0 Å². The zero-order chi connectivity index (χ0) is 13.8. The molecule has 19 heavy (non-hydrogen) atoms. The van der Waals surface area contributed by atoms with E-state index < -0.39 is 0 Å². The van der Waals surface area contributed by atoms with Gasteiger partial charge in [-0.1, -0.05) is 12.1 Å². The third-order valence-electron chi connectivity index (χ3n) is 2.75. The van der Waals surface area contributed by atoms with Crippen LogP contribution in [0.1, 0.15) is 30.0 Å². The van der Waals surface area contributed by atoms with Gasteiger partial charge in [-0.05, 0) is 26.0 Å². The molecule has 0 saturated carbocycles. The second-order valence-corrected chi connectivity index (χ2v) is 5.35. The lowest BCUT2D eigenvalue weighted by Gasteiger charge is -2.09. The summed E-state index contributed by atoms with van der Waals surface area (Å²) in [5.41, 5.74) is 7.64. The third-order valence-corrected chi connectivity index (χ3v) is 3.80. The summed E-state index contributed by atoms with van der Waals surface area (Å²) in [6.45, 7) is 3.82. The highest BCUT2D eigenvalue weighted by atomic mass is 32.2. The fraction of sp³-hybridized carbons (Fsp3) is 0.286. The number of benzene rings is 1. The van der Waals surface area contributed by atoms with Crippen LogP contribution in [-0.4, -0.2) is 9.97 Å². The molecule has 0 fully saturated rings. The van der Waals surface area contributed by atoms with Gasteiger partial charge in [0.25, 0.3) is 0 Å². The van der Waals surface area contributed by atoms with Gasteiger partial charge in [0.05, 0.1) is 5.75 Å². The number of nitrogens with zero attached hydrogens (tertiary/aromatic N) is 2. The number of nitrogens with two attached hydrogens (primary N) is 1. The third kappa shape index (κ3) is 3.52. The van der Waals surface area contributed by atoms with Gasteiger partial charge in [0.1, 0.15) is 11.6 Å². The van der Waals surface area contributed by atoms with Gasteiger partial charge < -0.3 is 5.73 Å². The van der Waals surface area contributed by atoms with Gasteiger partial charge in [0.2, 0.25) is 0 Å². The van der Waals surface area contributed by atoms with E-state index in [-0.39, 0.29) is 11.9 Å². The SMILES string of the molecule is Cc1nc(CSc2ccccc2F)ncc1[C@@H](C)N. The summed E-state index contributed by atoms with van der Waals surface area (Å²) < 4.78 is 13.5. The molecule has 2 aromatic rings. The number of thioether (sulfide) groups is 1. The van der Waals surface area contributed by atoms with Gasteiger partial charge in [-0.15, -0.1) is 11.8 Å². The molecule has 0 radical (unpaired) electrons. The highest BCUT2D eigenvalue weighted by molar-refractivity contribution is 7.98. The van der Waals surface area contributed by atoms with Crippen LogP contribution in [-0.2, 0) is 5.75 Å². The Morgan fingerprint density at radius 1 is 1.37 bits per heavy atom. The molecular weight excluding hydrogens is 261 g/mol. The summed E-state index contributed by atoms with van der Waals surface area (Å²) in [6, 6.07) is 6.62. The van der Waals surface area contributed by atoms with Gasteiger partial charge in [0.15, 0.2) is 0 Å². The summed E-state index contributed by atoms with van der Waals surface area (Å²) in [4.78, 5) is 9.29. The van der Waals surface area contributed by atoms with Crippen molar-refractivity contribution in [3.8, 4) is 0 Å². The van der Waals surface area contributed by atoms with Gasteiger partial charge in [0, 0.05) is 28.4 Å². The average Bonchev–Trinajstić information content (AvgIpc) is 2.37. The van der Waals surface area contributed by atoms with Crippen LogP contribution >= 0.6 is 11.8 Å². The van der Waals surface area contributed by atoms with Crippen molar-refractivity contribution in [2.24, 2.45) is 5.73 Å². The first kappa shape index (κ1) is 14.0. The maximum absolute atomic E-state index is 13.5. The zero-order valence-electron chi connectivity index (χ0n) is 10.9. The lowest BCUT2D eigenvalue weighted by molar-refractivity contribution is 0.602. The first-order valence-electron chi connectivity index (χ1n) is 6.03. The van der Waals surface area contributed by atoms with E-state index in [1.165, 1.54) is 17.8 Å². The second-order valence-electron chi connectivity index (χ2n) is 4.33. The smallest absolute Gasteiger partial charge is 0.138 e. The van der Waals surface area contributed by atoms with Crippen LogP contribution in [0.25, 0.3) is 0 Å². The molecule has 0 aliphatic rings. The molecular formula is C14H16FN3S. The largest absolute Gasteiger partial charge is 0.324 e. The van der Waals surface area contributed by atoms with E-state index in [2.05, 4.69) is 9.97 Å². The molecule has 1 heterocycles. The Kier molecular flexibility index (Phi) is 4.50. The highest BCUT2D eigenvalue weighted by Crippen LogP contribution is 2.24. The fourth-order valence-electron chi connectivity index (χ4n) is 1.75. The van der Waals surface area contributed by atoms with E-state index in [1.54, 1.807) is 18.3 Å². The van der Waals surface area contributed by atoms with Gasteiger partial charge in [-0.3, -0.25) is 0 Å². The van der Waals surface area contributed by atoms with E-state index in [0.717, 1.165) is 11.3 Å². The molecule has 0 amide bonds. The summed E-state index contributed by atoms with van der Waals surface area (Å²) in [6.07, 6.45) is 1.75. The Morgan fingerprint density at radius 2 is 2.11 bits per heavy atom. The number of hydrogen-bond donors (Lipinski definition) is 1. The Bertz CT molecular complexity index is 572. The van der Waals surface area contributed by atoms with Crippen LogP contribution < -0.4 is 5.73 Å². The van der Waals surface area contributed by atoms with E-state index in [4.69, 9.17) is 5.73 Å². The van der Waals surface area contributed by atoms with Crippen molar-refractivity contribution >= 4 is 11.8 Å². The van der Waals surface area contributed by atoms with Crippen LogP contribution in [0.3, 0.4) is 0 Å². The molecule has 0 unspecified atom stereocenters. The molecule has 1 aromatic carbocycles. The topological polar surface area (TPSA) is 51.8 Å². The molecule has 100 valence electrons. The van der Waals surface area contributed by atoms with E-state index in [1.807, 2.05) is 19.9 Å². The van der Waals surface area contributed by atoms with Crippen LogP contribution in [0.15, 0.2) is 35.4 Å². The molecule has 5 heteroatoms. The quantitative estimate of drug-likeness (QED) is 0.872. The first-order valence-corrected chi connectivity index (χ1v) is 7.02. The molecule has 0 aliphatic carbocycles. The number of aryl methyl sites for hydroxylation is 1. The van der Waals surface area contributed by atoms with Gasteiger partial charge in [-0.25, -0.2) is 14.4 Å². The van der Waals surface area contributed by atoms with Crippen molar-refractivity contribution in [2.75, 3.05) is 0 Å². The first-order chi connectivity index (χ1) is 9.08. The van der Waals surface area contributed by atoms with Crippen molar-refractivity contribution in [1.29, 1.82) is 0 Å². The van der Waals surface area contributed by atoms with Crippen LogP contribution in [0, 0.1) is 12.7 Å². The van der Waals surface area contributed by atoms with Crippen molar-refractivity contribution in [3.63, 3.8) is 0 Å². The fourth-order valence-corrected chi connectivity index (χ4v) is 2.55. The molecule has 0 aliphatic heterocycles. The van der Waals surface area contributed by atoms with E-state index in [9.17, 15) is 4.39 Å². The summed E-state index contributed by atoms with van der Waals surface area (Å²) in [7, 11) is 0. The monoisotopic (exact) mass is 277 g/mol. The van der Waals surface area contributed by atoms with E-state index in [0.29, 0.717) is 16.5 Å². The van der Waals surface area contributed by atoms with Gasteiger partial charge in [-0.2, -0.15) is 0 Å². The Morgan fingerprint density at radius 3 is 2.74 bits per heavy atom. The summed E-state index contributed by atoms with van der Waals surface area (Å²) in [5, 5.41) is 0. The molecule has 0 bridgehead atoms. The Balaban J connectivity index is 2.08. The summed E-state index contributed by atoms with van der Waals surface area (Å²) >= 11 is 1.39. The zero-order valence-corrected chi connectivity index (χ0v) is 11.7. The Hall–Kier alpha value is -1.46. The minimum atomic E-state index is -0.212. The van der Waals surface area contributed by atoms with Gasteiger partial charge >= 0.3 is 0 Å². The predicted octanol–water partition coefficient (Wildman–Crippen LogP) is 3.24. The minimum Gasteiger partial charge on any atom is -0.324 e. The van der Waals surface area contributed by atoms with Crippen molar-refractivity contribution in [1.82, 2.24) is 9.97 Å². The number of aromatic nitrogens is 2. The minimum absolute atomic E-state index is 0.0757. The van der Waals surface area contributed by atoms with Crippen molar-refractivity contribution in [3.05, 3.63) is 53.4 Å². The molecule has 1 aromatic heterocycles. The molecule has 3 nitrogen and oxygen atoms in total. The molecule has 2 N–H and O–H groups in total. The number of halogens is 1. The second kappa shape index (κ2) is 6.12. The summed E-state index contributed by atoms with van der Waals surface area (Å²) in [5.74, 6) is 1.02. The van der Waals surface area contributed by atoms with Crippen LogP contribution in [0.5, 0.6) is 0 Å². The maximum Gasteiger partial charge on any atom is 0.138 e. The molecule has 1 atom stereocenters. The lowest BCUT2D eigenvalue weighted by Crippen LogP contribution is -2.10.